The highest BCUT2D eigenvalue weighted by atomic mass is 35.5. The summed E-state index contributed by atoms with van der Waals surface area (Å²) < 4.78 is 1.03. The maximum atomic E-state index is 8.55. The molecule has 21 heavy (non-hydrogen) atoms. The van der Waals surface area contributed by atoms with Gasteiger partial charge < -0.3 is 0 Å². The molecule has 0 aromatic heterocycles. The zero-order valence-electron chi connectivity index (χ0n) is 11.5. The zero-order valence-corrected chi connectivity index (χ0v) is 15.5. The highest BCUT2D eigenvalue weighted by Crippen LogP contribution is 2.44. The zero-order chi connectivity index (χ0) is 15.3. The number of thioether (sulfide) groups is 4. The molecule has 0 aliphatic carbocycles. The van der Waals surface area contributed by atoms with E-state index in [1.54, 1.807) is 35.3 Å². The van der Waals surface area contributed by atoms with Crippen molar-refractivity contribution in [2.75, 3.05) is 5.08 Å². The number of thiocyanates is 1. The summed E-state index contributed by atoms with van der Waals surface area (Å²) in [6.45, 7) is 4.22. The molecule has 2 rings (SSSR count). The molecule has 7 heteroatoms. The summed E-state index contributed by atoms with van der Waals surface area (Å²) in [6.07, 6.45) is 0. The Balaban J connectivity index is 1.99. The van der Waals surface area contributed by atoms with E-state index >= 15 is 0 Å². The molecule has 0 amide bonds. The molecule has 0 saturated heterocycles. The lowest BCUT2D eigenvalue weighted by molar-refractivity contribution is 0.658. The first kappa shape index (κ1) is 17.2. The lowest BCUT2D eigenvalue weighted by Gasteiger charge is -2.14. The van der Waals surface area contributed by atoms with E-state index < -0.39 is 0 Å². The van der Waals surface area contributed by atoms with Crippen LogP contribution < -0.4 is 0 Å². The van der Waals surface area contributed by atoms with E-state index in [4.69, 9.17) is 21.9 Å². The first-order chi connectivity index (χ1) is 10.0. The van der Waals surface area contributed by atoms with Gasteiger partial charge in [0.1, 0.15) is 9.78 Å². The van der Waals surface area contributed by atoms with E-state index in [-0.39, 0.29) is 5.54 Å². The van der Waals surface area contributed by atoms with Crippen LogP contribution in [-0.2, 0) is 0 Å². The van der Waals surface area contributed by atoms with Crippen molar-refractivity contribution >= 4 is 63.0 Å². The second-order valence-corrected chi connectivity index (χ2v) is 9.35. The number of nitriles is 1. The normalized spacial score (nSPS) is 18.6. The van der Waals surface area contributed by atoms with Crippen LogP contribution in [0.5, 0.6) is 0 Å². The Kier molecular flexibility index (Phi) is 6.45. The fourth-order valence-corrected chi connectivity index (χ4v) is 5.62. The first-order valence-corrected chi connectivity index (χ1v) is 10.1. The molecule has 0 saturated carbocycles. The maximum absolute atomic E-state index is 8.55. The minimum Gasteiger partial charge on any atom is -0.260 e. The molecule has 0 fully saturated rings. The number of benzene rings is 1. The van der Waals surface area contributed by atoms with E-state index in [1.165, 1.54) is 16.7 Å². The molecule has 0 unspecified atom stereocenters. The number of rotatable bonds is 4. The lowest BCUT2D eigenvalue weighted by Crippen LogP contribution is -2.13. The van der Waals surface area contributed by atoms with E-state index in [2.05, 4.69) is 24.7 Å². The molecule has 1 aliphatic heterocycles. The molecule has 0 bridgehead atoms. The van der Waals surface area contributed by atoms with Crippen LogP contribution in [0.3, 0.4) is 0 Å². The molecule has 0 spiro atoms. The van der Waals surface area contributed by atoms with Gasteiger partial charge in [-0.3, -0.25) is 4.99 Å². The average Bonchev–Trinajstić information content (AvgIpc) is 2.73. The van der Waals surface area contributed by atoms with Crippen molar-refractivity contribution in [2.45, 2.75) is 24.3 Å². The fourth-order valence-electron chi connectivity index (χ4n) is 1.50. The molecule has 110 valence electrons. The van der Waals surface area contributed by atoms with Gasteiger partial charge in [-0.1, -0.05) is 46.9 Å². The van der Waals surface area contributed by atoms with Crippen LogP contribution in [0.2, 0.25) is 5.02 Å². The third-order valence-corrected chi connectivity index (χ3v) is 7.01. The summed E-state index contributed by atoms with van der Waals surface area (Å²) in [7, 11) is 0. The Labute approximate surface area is 147 Å². The highest BCUT2D eigenvalue weighted by Gasteiger charge is 2.31. The number of aliphatic imine (C=N–C) groups is 1. The summed E-state index contributed by atoms with van der Waals surface area (Å²) in [5.41, 5.74) is -0.191. The molecule has 2 nitrogen and oxygen atoms in total. The van der Waals surface area contributed by atoms with Crippen molar-refractivity contribution < 1.29 is 0 Å². The minimum atomic E-state index is -0.191. The monoisotopic (exact) mass is 372 g/mol. The molecule has 1 heterocycles. The van der Waals surface area contributed by atoms with Crippen LogP contribution in [0, 0.1) is 10.7 Å². The van der Waals surface area contributed by atoms with Gasteiger partial charge in [-0.2, -0.15) is 5.26 Å². The maximum Gasteiger partial charge on any atom is 0.134 e. The third-order valence-electron chi connectivity index (χ3n) is 2.59. The number of halogens is 1. The smallest absolute Gasteiger partial charge is 0.134 e. The Bertz CT molecular complexity index is 602. The van der Waals surface area contributed by atoms with E-state index in [1.807, 2.05) is 24.3 Å². The third kappa shape index (κ3) is 5.19. The summed E-state index contributed by atoms with van der Waals surface area (Å²) in [6, 6.07) is 7.81. The number of hydrogen-bond donors (Lipinski definition) is 0. The Hall–Kier alpha value is -0.190. The summed E-state index contributed by atoms with van der Waals surface area (Å²) in [5, 5.41) is 14.3. The Morgan fingerprint density at radius 1 is 1.38 bits per heavy atom. The van der Waals surface area contributed by atoms with Crippen molar-refractivity contribution in [3.63, 3.8) is 0 Å². The van der Waals surface area contributed by atoms with Gasteiger partial charge in [0, 0.05) is 14.8 Å². The molecule has 1 aromatic rings. The van der Waals surface area contributed by atoms with Crippen LogP contribution >= 0.6 is 58.6 Å². The number of nitrogens with zero attached hydrogens (tertiary/aromatic N) is 2. The average molecular weight is 373 g/mol. The Morgan fingerprint density at radius 2 is 2.10 bits per heavy atom. The molecule has 0 N–H and O–H groups in total. The largest absolute Gasteiger partial charge is 0.260 e. The van der Waals surface area contributed by atoms with Gasteiger partial charge in [-0.15, -0.1) is 0 Å². The van der Waals surface area contributed by atoms with Crippen molar-refractivity contribution in [1.82, 2.24) is 0 Å². The fraction of sp³-hybridized carbons (Fsp3) is 0.286. The standard InChI is InChI=1S/C14H13ClN2S4/c1-14(2)12(21-13(17-14)20-9-18-8-16)7-19-11-5-3-10(15)4-6-11/h3-7H,9H2,1-2H3. The molecule has 1 aromatic carbocycles. The molecular formula is C14H13ClN2S4. The van der Waals surface area contributed by atoms with Gasteiger partial charge in [-0.05, 0) is 55.3 Å². The van der Waals surface area contributed by atoms with Gasteiger partial charge in [0.25, 0.3) is 0 Å². The summed E-state index contributed by atoms with van der Waals surface area (Å²) >= 11 is 12.1. The quantitative estimate of drug-likeness (QED) is 0.278. The summed E-state index contributed by atoms with van der Waals surface area (Å²) in [4.78, 5) is 7.10. The van der Waals surface area contributed by atoms with Crippen LogP contribution in [0.25, 0.3) is 0 Å². The van der Waals surface area contributed by atoms with Crippen molar-refractivity contribution in [2.24, 2.45) is 4.99 Å². The predicted molar refractivity (Wildman–Crippen MR) is 100 cm³/mol. The molecule has 1 aliphatic rings. The second-order valence-electron chi connectivity index (χ2n) is 4.59. The SMILES string of the molecule is CC1(C)N=C(SCSC#N)SC1=CSc1ccc(Cl)cc1. The van der Waals surface area contributed by atoms with Gasteiger partial charge >= 0.3 is 0 Å². The molecule has 0 atom stereocenters. The van der Waals surface area contributed by atoms with E-state index in [0.29, 0.717) is 0 Å². The van der Waals surface area contributed by atoms with Crippen LogP contribution in [0.15, 0.2) is 44.5 Å². The van der Waals surface area contributed by atoms with Gasteiger partial charge in [0.2, 0.25) is 0 Å². The van der Waals surface area contributed by atoms with E-state index in [0.717, 1.165) is 19.4 Å². The molecule has 0 radical (unpaired) electrons. The minimum absolute atomic E-state index is 0.191. The first-order valence-electron chi connectivity index (χ1n) is 6.05. The van der Waals surface area contributed by atoms with Crippen molar-refractivity contribution in [3.8, 4) is 5.40 Å². The van der Waals surface area contributed by atoms with Crippen LogP contribution in [0.1, 0.15) is 13.8 Å². The van der Waals surface area contributed by atoms with Crippen molar-refractivity contribution in [3.05, 3.63) is 39.6 Å². The van der Waals surface area contributed by atoms with Gasteiger partial charge in [0.05, 0.1) is 10.6 Å². The van der Waals surface area contributed by atoms with Gasteiger partial charge in [0.15, 0.2) is 0 Å². The predicted octanol–water partition coefficient (Wildman–Crippen LogP) is 6.06. The second kappa shape index (κ2) is 7.89. The van der Waals surface area contributed by atoms with Crippen LogP contribution in [-0.4, -0.2) is 15.0 Å². The number of hydrogen-bond acceptors (Lipinski definition) is 6. The van der Waals surface area contributed by atoms with E-state index in [9.17, 15) is 0 Å². The van der Waals surface area contributed by atoms with Crippen molar-refractivity contribution in [1.29, 1.82) is 5.26 Å². The summed E-state index contributed by atoms with van der Waals surface area (Å²) in [5.74, 6) is 0. The van der Waals surface area contributed by atoms with Gasteiger partial charge in [-0.25, -0.2) is 0 Å². The lowest BCUT2D eigenvalue weighted by atomic mass is 10.1. The highest BCUT2D eigenvalue weighted by molar-refractivity contribution is 8.43. The topological polar surface area (TPSA) is 36.1 Å². The molecular weight excluding hydrogens is 360 g/mol. The Morgan fingerprint density at radius 3 is 2.76 bits per heavy atom. The van der Waals surface area contributed by atoms with Crippen LogP contribution in [0.4, 0.5) is 0 Å².